The minimum Gasteiger partial charge on any atom is -0.467 e. The van der Waals surface area contributed by atoms with E-state index in [4.69, 9.17) is 8.85 Å². The number of ether oxygens (including phenoxy) is 2. The molecule has 0 fully saturated rings. The highest BCUT2D eigenvalue weighted by molar-refractivity contribution is 6.64. The van der Waals surface area contributed by atoms with Crippen LogP contribution in [0.1, 0.15) is 0 Å². The molecule has 0 rings (SSSR count). The topological polar surface area (TPSA) is 71.1 Å². The summed E-state index contributed by atoms with van der Waals surface area (Å²) in [6, 6.07) is 0. The van der Waals surface area contributed by atoms with E-state index in [9.17, 15) is 9.59 Å². The molecule has 0 aliphatic carbocycles. The monoisotopic (exact) mass is 236 g/mol. The van der Waals surface area contributed by atoms with E-state index in [1.54, 1.807) is 13.1 Å². The molecule has 0 bridgehead atoms. The van der Waals surface area contributed by atoms with E-state index in [1.807, 2.05) is 0 Å². The molecule has 0 aromatic carbocycles. The van der Waals surface area contributed by atoms with Crippen molar-refractivity contribution >= 4 is 20.5 Å². The van der Waals surface area contributed by atoms with Crippen LogP contribution in [0.2, 0.25) is 13.1 Å². The Morgan fingerprint density at radius 3 is 1.53 bits per heavy atom. The van der Waals surface area contributed by atoms with E-state index in [0.717, 1.165) is 0 Å². The molecule has 88 valence electrons. The van der Waals surface area contributed by atoms with Crippen LogP contribution in [-0.2, 0) is 27.9 Å². The van der Waals surface area contributed by atoms with E-state index in [-0.39, 0.29) is 13.2 Å². The molecule has 0 saturated carbocycles. The summed E-state index contributed by atoms with van der Waals surface area (Å²) in [6.07, 6.45) is 0. The number of rotatable bonds is 6. The van der Waals surface area contributed by atoms with Gasteiger partial charge >= 0.3 is 20.5 Å². The molecular weight excluding hydrogens is 220 g/mol. The fraction of sp³-hybridized carbons (Fsp3) is 0.750. The summed E-state index contributed by atoms with van der Waals surface area (Å²) in [7, 11) is 0.0837. The summed E-state index contributed by atoms with van der Waals surface area (Å²) in [5.74, 6) is -0.950. The van der Waals surface area contributed by atoms with Crippen molar-refractivity contribution in [1.29, 1.82) is 0 Å². The maximum Gasteiger partial charge on any atom is 0.332 e. The minimum atomic E-state index is -2.46. The smallest absolute Gasteiger partial charge is 0.332 e. The van der Waals surface area contributed by atoms with Crippen molar-refractivity contribution in [3.63, 3.8) is 0 Å². The summed E-state index contributed by atoms with van der Waals surface area (Å²) >= 11 is 0. The zero-order chi connectivity index (χ0) is 11.9. The SMILES string of the molecule is COC(=O)CO[Si](C)(C)OCC(=O)OC. The van der Waals surface area contributed by atoms with Crippen LogP contribution in [-0.4, -0.2) is 47.9 Å². The molecule has 0 amide bonds. The maximum atomic E-state index is 10.8. The maximum absolute atomic E-state index is 10.8. The van der Waals surface area contributed by atoms with Crippen LogP contribution in [0.3, 0.4) is 0 Å². The molecule has 0 aromatic rings. The molecule has 0 radical (unpaired) electrons. The van der Waals surface area contributed by atoms with Crippen LogP contribution < -0.4 is 0 Å². The largest absolute Gasteiger partial charge is 0.467 e. The van der Waals surface area contributed by atoms with E-state index < -0.39 is 20.5 Å². The molecule has 0 spiro atoms. The van der Waals surface area contributed by atoms with Crippen molar-refractivity contribution in [2.75, 3.05) is 27.4 Å². The van der Waals surface area contributed by atoms with E-state index in [1.165, 1.54) is 14.2 Å². The van der Waals surface area contributed by atoms with E-state index >= 15 is 0 Å². The summed E-state index contributed by atoms with van der Waals surface area (Å²) in [5, 5.41) is 0. The van der Waals surface area contributed by atoms with Gasteiger partial charge in [-0.1, -0.05) is 0 Å². The van der Waals surface area contributed by atoms with Crippen LogP contribution in [0.25, 0.3) is 0 Å². The quantitative estimate of drug-likeness (QED) is 0.480. The lowest BCUT2D eigenvalue weighted by atomic mass is 10.8. The normalized spacial score (nSPS) is 10.9. The summed E-state index contributed by atoms with van der Waals surface area (Å²) in [6.45, 7) is 3.10. The highest BCUT2D eigenvalue weighted by atomic mass is 28.4. The average molecular weight is 236 g/mol. The third-order valence-electron chi connectivity index (χ3n) is 1.53. The Morgan fingerprint density at radius 1 is 0.933 bits per heavy atom. The van der Waals surface area contributed by atoms with E-state index in [2.05, 4.69) is 9.47 Å². The van der Waals surface area contributed by atoms with Crippen molar-refractivity contribution in [1.82, 2.24) is 0 Å². The van der Waals surface area contributed by atoms with Crippen molar-refractivity contribution in [3.8, 4) is 0 Å². The summed E-state index contributed by atoms with van der Waals surface area (Å²) < 4.78 is 19.2. The third-order valence-corrected chi connectivity index (χ3v) is 3.21. The van der Waals surface area contributed by atoms with Gasteiger partial charge in [-0.15, -0.1) is 0 Å². The van der Waals surface area contributed by atoms with Crippen LogP contribution in [0.5, 0.6) is 0 Å². The summed E-state index contributed by atoms with van der Waals surface area (Å²) in [4.78, 5) is 21.6. The first-order valence-electron chi connectivity index (χ1n) is 4.33. The van der Waals surface area contributed by atoms with Crippen molar-refractivity contribution in [2.24, 2.45) is 0 Å². The molecule has 0 saturated heterocycles. The number of carbonyl (C=O) groups excluding carboxylic acids is 2. The first kappa shape index (κ1) is 14.1. The lowest BCUT2D eigenvalue weighted by Gasteiger charge is -2.21. The Labute approximate surface area is 89.7 Å². The average Bonchev–Trinajstić information content (AvgIpc) is 2.22. The van der Waals surface area contributed by atoms with Crippen LogP contribution in [0, 0.1) is 0 Å². The van der Waals surface area contributed by atoms with Gasteiger partial charge in [0.2, 0.25) is 0 Å². The zero-order valence-corrected chi connectivity index (χ0v) is 10.4. The van der Waals surface area contributed by atoms with Gasteiger partial charge in [0.25, 0.3) is 0 Å². The second-order valence-corrected chi connectivity index (χ2v) is 6.51. The lowest BCUT2D eigenvalue weighted by Crippen LogP contribution is -2.38. The fourth-order valence-electron chi connectivity index (χ4n) is 0.625. The lowest BCUT2D eigenvalue weighted by molar-refractivity contribution is -0.144. The van der Waals surface area contributed by atoms with Gasteiger partial charge in [-0.25, -0.2) is 9.59 Å². The van der Waals surface area contributed by atoms with Crippen LogP contribution in [0.15, 0.2) is 0 Å². The Kier molecular flexibility index (Phi) is 6.14. The number of esters is 2. The second-order valence-electron chi connectivity index (χ2n) is 3.13. The van der Waals surface area contributed by atoms with Crippen molar-refractivity contribution < 1.29 is 27.9 Å². The molecule has 6 nitrogen and oxygen atoms in total. The second kappa shape index (κ2) is 6.54. The molecule has 0 N–H and O–H groups in total. The number of carbonyl (C=O) groups is 2. The fourth-order valence-corrected chi connectivity index (χ4v) is 1.64. The standard InChI is InChI=1S/C8H16O6Si/c1-11-7(9)5-13-15(3,4)14-6-8(10)12-2/h5-6H2,1-4H3. The van der Waals surface area contributed by atoms with Crippen molar-refractivity contribution in [2.45, 2.75) is 13.1 Å². The molecule has 7 heteroatoms. The van der Waals surface area contributed by atoms with Gasteiger partial charge in [0.15, 0.2) is 0 Å². The predicted octanol–water partition coefficient (Wildman–Crippen LogP) is 0.0674. The number of methoxy groups -OCH3 is 2. The van der Waals surface area contributed by atoms with Gasteiger partial charge in [0.1, 0.15) is 13.2 Å². The summed E-state index contributed by atoms with van der Waals surface area (Å²) in [5.41, 5.74) is 0. The minimum absolute atomic E-state index is 0.170. The highest BCUT2D eigenvalue weighted by Gasteiger charge is 2.27. The van der Waals surface area contributed by atoms with Gasteiger partial charge in [-0.05, 0) is 13.1 Å². The van der Waals surface area contributed by atoms with Crippen LogP contribution >= 0.6 is 0 Å². The molecule has 15 heavy (non-hydrogen) atoms. The molecule has 0 unspecified atom stereocenters. The van der Waals surface area contributed by atoms with Gasteiger partial charge in [0, 0.05) is 0 Å². The number of hydrogen-bond acceptors (Lipinski definition) is 6. The first-order chi connectivity index (χ1) is 6.91. The molecule has 0 aliphatic heterocycles. The Morgan fingerprint density at radius 2 is 1.27 bits per heavy atom. The van der Waals surface area contributed by atoms with Crippen LogP contribution in [0.4, 0.5) is 0 Å². The molecule has 0 aromatic heterocycles. The highest BCUT2D eigenvalue weighted by Crippen LogP contribution is 2.06. The first-order valence-corrected chi connectivity index (χ1v) is 7.14. The Bertz CT molecular complexity index is 205. The molecular formula is C8H16O6Si. The predicted molar refractivity (Wildman–Crippen MR) is 53.4 cm³/mol. The van der Waals surface area contributed by atoms with E-state index in [0.29, 0.717) is 0 Å². The van der Waals surface area contributed by atoms with Gasteiger partial charge in [0.05, 0.1) is 14.2 Å². The van der Waals surface area contributed by atoms with Gasteiger partial charge in [-0.3, -0.25) is 0 Å². The number of hydrogen-bond donors (Lipinski definition) is 0. The molecule has 0 heterocycles. The van der Waals surface area contributed by atoms with Gasteiger partial charge in [-0.2, -0.15) is 0 Å². The molecule has 0 atom stereocenters. The zero-order valence-electron chi connectivity index (χ0n) is 9.36. The Hall–Kier alpha value is -0.923. The molecule has 0 aliphatic rings. The van der Waals surface area contributed by atoms with Gasteiger partial charge < -0.3 is 18.3 Å². The van der Waals surface area contributed by atoms with Crippen molar-refractivity contribution in [3.05, 3.63) is 0 Å². The Balaban J connectivity index is 3.86. The third kappa shape index (κ3) is 7.06.